The quantitative estimate of drug-likeness (QED) is 0.856. The molecule has 2 rings (SSSR count). The van der Waals surface area contributed by atoms with E-state index in [1.165, 1.54) is 11.1 Å². The Hall–Kier alpha value is -1.06. The zero-order chi connectivity index (χ0) is 14.0. The van der Waals surface area contributed by atoms with Crippen LogP contribution in [0.4, 0.5) is 0 Å². The third-order valence-electron chi connectivity index (χ3n) is 4.30. The first-order valence-electron chi connectivity index (χ1n) is 7.02. The molecule has 0 amide bonds. The van der Waals surface area contributed by atoms with Crippen molar-refractivity contribution in [2.75, 3.05) is 27.8 Å². The zero-order valence-corrected chi connectivity index (χ0v) is 12.4. The minimum Gasteiger partial charge on any atom is -0.496 e. The van der Waals surface area contributed by atoms with E-state index in [0.717, 1.165) is 25.0 Å². The molecule has 1 saturated carbocycles. The molecule has 3 nitrogen and oxygen atoms in total. The molecule has 1 aromatic carbocycles. The van der Waals surface area contributed by atoms with Gasteiger partial charge in [0.1, 0.15) is 5.75 Å². The number of aliphatic hydroxyl groups excluding tert-OH is 1. The van der Waals surface area contributed by atoms with Crippen molar-refractivity contribution in [3.63, 3.8) is 0 Å². The van der Waals surface area contributed by atoms with E-state index in [1.54, 1.807) is 7.11 Å². The van der Waals surface area contributed by atoms with Crippen LogP contribution in [0.25, 0.3) is 0 Å². The molecule has 1 fully saturated rings. The molecule has 0 radical (unpaired) electrons. The van der Waals surface area contributed by atoms with Gasteiger partial charge >= 0.3 is 0 Å². The summed E-state index contributed by atoms with van der Waals surface area (Å²) in [5, 5.41) is 9.76. The maximum absolute atomic E-state index is 9.76. The van der Waals surface area contributed by atoms with Crippen LogP contribution in [0.15, 0.2) is 18.2 Å². The summed E-state index contributed by atoms with van der Waals surface area (Å²) >= 11 is 0. The monoisotopic (exact) mass is 263 g/mol. The fraction of sp³-hybridized carbons (Fsp3) is 0.625. The molecule has 106 valence electrons. The smallest absolute Gasteiger partial charge is 0.123 e. The second-order valence-electron chi connectivity index (χ2n) is 5.82. The summed E-state index contributed by atoms with van der Waals surface area (Å²) < 4.78 is 5.54. The SMILES string of the molecule is CCc1ccc(OC)c(C(N(C)C)C2(CO)CC2)c1. The standard InChI is InChI=1S/C16H25NO2/c1-5-12-6-7-14(19-4)13(10-12)15(17(2)3)16(11-18)8-9-16/h6-7,10,15,18H,5,8-9,11H2,1-4H3. The number of aryl methyl sites for hydroxylation is 1. The molecular formula is C16H25NO2. The number of hydrogen-bond donors (Lipinski definition) is 1. The number of ether oxygens (including phenoxy) is 1. The number of hydrogen-bond acceptors (Lipinski definition) is 3. The van der Waals surface area contributed by atoms with Gasteiger partial charge < -0.3 is 14.7 Å². The van der Waals surface area contributed by atoms with Gasteiger partial charge in [0.25, 0.3) is 0 Å². The van der Waals surface area contributed by atoms with Crippen molar-refractivity contribution in [2.24, 2.45) is 5.41 Å². The summed E-state index contributed by atoms with van der Waals surface area (Å²) in [5.74, 6) is 0.927. The van der Waals surface area contributed by atoms with Crippen LogP contribution in [-0.4, -0.2) is 37.8 Å². The average Bonchev–Trinajstić information content (AvgIpc) is 3.19. The molecule has 0 aromatic heterocycles. The number of aliphatic hydroxyl groups is 1. The number of benzene rings is 1. The molecule has 3 heteroatoms. The number of rotatable bonds is 6. The van der Waals surface area contributed by atoms with E-state index in [-0.39, 0.29) is 18.1 Å². The van der Waals surface area contributed by atoms with Gasteiger partial charge in [-0.15, -0.1) is 0 Å². The van der Waals surface area contributed by atoms with E-state index >= 15 is 0 Å². The highest BCUT2D eigenvalue weighted by atomic mass is 16.5. The molecule has 1 N–H and O–H groups in total. The topological polar surface area (TPSA) is 32.7 Å². The van der Waals surface area contributed by atoms with Crippen LogP contribution in [-0.2, 0) is 6.42 Å². The molecule has 1 aliphatic rings. The summed E-state index contributed by atoms with van der Waals surface area (Å²) in [7, 11) is 5.88. The largest absolute Gasteiger partial charge is 0.496 e. The predicted octanol–water partition coefficient (Wildman–Crippen LogP) is 2.63. The highest BCUT2D eigenvalue weighted by Gasteiger charge is 2.51. The molecule has 1 aliphatic carbocycles. The van der Waals surface area contributed by atoms with Crippen LogP contribution >= 0.6 is 0 Å². The van der Waals surface area contributed by atoms with Crippen LogP contribution in [0.2, 0.25) is 0 Å². The van der Waals surface area contributed by atoms with Gasteiger partial charge in [-0.2, -0.15) is 0 Å². The lowest BCUT2D eigenvalue weighted by atomic mass is 9.88. The van der Waals surface area contributed by atoms with E-state index in [1.807, 2.05) is 0 Å². The molecule has 0 bridgehead atoms. The fourth-order valence-electron chi connectivity index (χ4n) is 3.05. The zero-order valence-electron chi connectivity index (χ0n) is 12.4. The van der Waals surface area contributed by atoms with Crippen molar-refractivity contribution < 1.29 is 9.84 Å². The van der Waals surface area contributed by atoms with E-state index in [4.69, 9.17) is 4.74 Å². The summed E-state index contributed by atoms with van der Waals surface area (Å²) in [6.07, 6.45) is 3.20. The normalized spacial score (nSPS) is 18.4. The first-order valence-corrected chi connectivity index (χ1v) is 7.02. The Bertz CT molecular complexity index is 438. The van der Waals surface area contributed by atoms with Crippen LogP contribution in [0.3, 0.4) is 0 Å². The predicted molar refractivity (Wildman–Crippen MR) is 77.6 cm³/mol. The lowest BCUT2D eigenvalue weighted by Crippen LogP contribution is -2.31. The van der Waals surface area contributed by atoms with Crippen molar-refractivity contribution >= 4 is 0 Å². The minimum atomic E-state index is 0.0170. The second-order valence-corrected chi connectivity index (χ2v) is 5.82. The van der Waals surface area contributed by atoms with E-state index in [2.05, 4.69) is 44.1 Å². The third kappa shape index (κ3) is 2.63. The van der Waals surface area contributed by atoms with Gasteiger partial charge in [-0.3, -0.25) is 0 Å². The highest BCUT2D eigenvalue weighted by Crippen LogP contribution is 2.57. The summed E-state index contributed by atoms with van der Waals surface area (Å²) in [5.41, 5.74) is 2.54. The Morgan fingerprint density at radius 3 is 2.47 bits per heavy atom. The molecule has 1 unspecified atom stereocenters. The molecular weight excluding hydrogens is 238 g/mol. The maximum atomic E-state index is 9.76. The van der Waals surface area contributed by atoms with Gasteiger partial charge in [0.2, 0.25) is 0 Å². The second kappa shape index (κ2) is 5.51. The lowest BCUT2D eigenvalue weighted by Gasteiger charge is -2.33. The Labute approximate surface area is 116 Å². The first-order chi connectivity index (χ1) is 9.07. The van der Waals surface area contributed by atoms with Crippen molar-refractivity contribution in [3.8, 4) is 5.75 Å². The van der Waals surface area contributed by atoms with Crippen LogP contribution in [0, 0.1) is 5.41 Å². The fourth-order valence-corrected chi connectivity index (χ4v) is 3.05. The third-order valence-corrected chi connectivity index (χ3v) is 4.30. The van der Waals surface area contributed by atoms with Crippen molar-refractivity contribution in [3.05, 3.63) is 29.3 Å². The Kier molecular flexibility index (Phi) is 4.16. The van der Waals surface area contributed by atoms with E-state index < -0.39 is 0 Å². The summed E-state index contributed by atoms with van der Waals surface area (Å²) in [6.45, 7) is 2.41. The van der Waals surface area contributed by atoms with Gasteiger partial charge in [-0.25, -0.2) is 0 Å². The van der Waals surface area contributed by atoms with Gasteiger partial charge in [0, 0.05) is 17.0 Å². The van der Waals surface area contributed by atoms with Crippen LogP contribution in [0.1, 0.15) is 36.9 Å². The Balaban J connectivity index is 2.46. The molecule has 0 heterocycles. The van der Waals surface area contributed by atoms with Crippen LogP contribution in [0.5, 0.6) is 5.75 Å². The maximum Gasteiger partial charge on any atom is 0.123 e. The molecule has 0 aliphatic heterocycles. The summed E-state index contributed by atoms with van der Waals surface area (Å²) in [4.78, 5) is 2.21. The van der Waals surface area contributed by atoms with Gasteiger partial charge in [0.05, 0.1) is 13.7 Å². The molecule has 19 heavy (non-hydrogen) atoms. The average molecular weight is 263 g/mol. The molecule has 0 spiro atoms. The molecule has 0 saturated heterocycles. The highest BCUT2D eigenvalue weighted by molar-refractivity contribution is 5.41. The van der Waals surface area contributed by atoms with Crippen molar-refractivity contribution in [2.45, 2.75) is 32.2 Å². The van der Waals surface area contributed by atoms with Gasteiger partial charge in [-0.1, -0.05) is 19.1 Å². The Morgan fingerprint density at radius 2 is 2.05 bits per heavy atom. The molecule has 1 atom stereocenters. The minimum absolute atomic E-state index is 0.0170. The van der Waals surface area contributed by atoms with Gasteiger partial charge in [-0.05, 0) is 45.0 Å². The van der Waals surface area contributed by atoms with Crippen molar-refractivity contribution in [1.82, 2.24) is 4.90 Å². The number of methoxy groups -OCH3 is 1. The Morgan fingerprint density at radius 1 is 1.37 bits per heavy atom. The van der Waals surface area contributed by atoms with E-state index in [9.17, 15) is 5.11 Å². The van der Waals surface area contributed by atoms with Crippen molar-refractivity contribution in [1.29, 1.82) is 0 Å². The lowest BCUT2D eigenvalue weighted by molar-refractivity contribution is 0.113. The first kappa shape index (κ1) is 14.4. The molecule has 1 aromatic rings. The summed E-state index contributed by atoms with van der Waals surface area (Å²) in [6, 6.07) is 6.63. The van der Waals surface area contributed by atoms with Crippen LogP contribution < -0.4 is 4.74 Å². The number of nitrogens with zero attached hydrogens (tertiary/aromatic N) is 1. The van der Waals surface area contributed by atoms with E-state index in [0.29, 0.717) is 0 Å². The van der Waals surface area contributed by atoms with Gasteiger partial charge in [0.15, 0.2) is 0 Å².